The van der Waals surface area contributed by atoms with E-state index in [9.17, 15) is 9.59 Å². The molecule has 0 unspecified atom stereocenters. The van der Waals surface area contributed by atoms with E-state index in [1.165, 1.54) is 17.5 Å². The van der Waals surface area contributed by atoms with Gasteiger partial charge in [0.1, 0.15) is 5.75 Å². The largest absolute Gasteiger partial charge is 0.484 e. The van der Waals surface area contributed by atoms with Gasteiger partial charge in [0.25, 0.3) is 5.91 Å². The van der Waals surface area contributed by atoms with Gasteiger partial charge in [0.05, 0.1) is 0 Å². The molecule has 0 aromatic heterocycles. The molecule has 1 aliphatic heterocycles. The highest BCUT2D eigenvalue weighted by Gasteiger charge is 2.24. The Labute approximate surface area is 142 Å². The Balaban J connectivity index is 1.45. The zero-order valence-corrected chi connectivity index (χ0v) is 14.2. The third-order valence-electron chi connectivity index (χ3n) is 4.68. The molecule has 24 heavy (non-hydrogen) atoms. The van der Waals surface area contributed by atoms with Crippen molar-refractivity contribution in [1.82, 2.24) is 15.1 Å². The molecule has 2 aliphatic rings. The van der Waals surface area contributed by atoms with Crippen molar-refractivity contribution >= 4 is 11.9 Å². The third kappa shape index (κ3) is 3.80. The Bertz CT molecular complexity index is 610. The highest BCUT2D eigenvalue weighted by atomic mass is 16.5. The molecule has 0 radical (unpaired) electrons. The van der Waals surface area contributed by atoms with Gasteiger partial charge in [-0.3, -0.25) is 4.79 Å². The maximum atomic E-state index is 12.3. The number of benzene rings is 1. The number of ether oxygens (including phenoxy) is 1. The molecular weight excluding hydrogens is 306 g/mol. The van der Waals surface area contributed by atoms with E-state index in [1.54, 1.807) is 9.80 Å². The first-order valence-corrected chi connectivity index (χ1v) is 8.72. The van der Waals surface area contributed by atoms with Gasteiger partial charge in [0.2, 0.25) is 0 Å². The lowest BCUT2D eigenvalue weighted by atomic mass is 10.1. The molecule has 1 aromatic carbocycles. The van der Waals surface area contributed by atoms with Crippen LogP contribution in [0.5, 0.6) is 5.75 Å². The van der Waals surface area contributed by atoms with Crippen LogP contribution in [0.3, 0.4) is 0 Å². The summed E-state index contributed by atoms with van der Waals surface area (Å²) < 4.78 is 5.68. The molecule has 6 nitrogen and oxygen atoms in total. The average molecular weight is 331 g/mol. The number of piperazine rings is 1. The van der Waals surface area contributed by atoms with Crippen LogP contribution in [-0.2, 0) is 17.6 Å². The molecule has 1 N–H and O–H groups in total. The fraction of sp³-hybridized carbons (Fsp3) is 0.556. The Hall–Kier alpha value is -2.24. The van der Waals surface area contributed by atoms with E-state index in [1.807, 2.05) is 13.0 Å². The van der Waals surface area contributed by atoms with E-state index in [0.717, 1.165) is 18.6 Å². The highest BCUT2D eigenvalue weighted by molar-refractivity contribution is 5.79. The summed E-state index contributed by atoms with van der Waals surface area (Å²) in [5.41, 5.74) is 2.74. The highest BCUT2D eigenvalue weighted by Crippen LogP contribution is 2.26. The summed E-state index contributed by atoms with van der Waals surface area (Å²) in [4.78, 5) is 27.6. The summed E-state index contributed by atoms with van der Waals surface area (Å²) in [5, 5.41) is 2.79. The number of rotatable bonds is 4. The number of nitrogens with zero attached hydrogens (tertiary/aromatic N) is 2. The lowest BCUT2D eigenvalue weighted by Crippen LogP contribution is -2.53. The fourth-order valence-corrected chi connectivity index (χ4v) is 3.30. The SMILES string of the molecule is CCNC(=O)N1CCN(C(=O)COc2ccc3c(c2)CCC3)CC1. The Kier molecular flexibility index (Phi) is 5.23. The Morgan fingerprint density at radius 2 is 1.79 bits per heavy atom. The van der Waals surface area contributed by atoms with Gasteiger partial charge in [-0.25, -0.2) is 4.79 Å². The molecule has 1 saturated heterocycles. The van der Waals surface area contributed by atoms with Crippen molar-refractivity contribution in [1.29, 1.82) is 0 Å². The second-order valence-corrected chi connectivity index (χ2v) is 6.28. The van der Waals surface area contributed by atoms with E-state index in [0.29, 0.717) is 32.7 Å². The molecule has 0 bridgehead atoms. The van der Waals surface area contributed by atoms with Crippen LogP contribution in [0.2, 0.25) is 0 Å². The van der Waals surface area contributed by atoms with E-state index in [-0.39, 0.29) is 18.5 Å². The minimum absolute atomic E-state index is 0.0222. The fourth-order valence-electron chi connectivity index (χ4n) is 3.30. The summed E-state index contributed by atoms with van der Waals surface area (Å²) in [6, 6.07) is 6.05. The van der Waals surface area contributed by atoms with Gasteiger partial charge >= 0.3 is 6.03 Å². The molecule has 3 rings (SSSR count). The van der Waals surface area contributed by atoms with E-state index in [2.05, 4.69) is 17.4 Å². The van der Waals surface area contributed by atoms with Crippen molar-refractivity contribution in [2.75, 3.05) is 39.3 Å². The van der Waals surface area contributed by atoms with Crippen molar-refractivity contribution in [3.05, 3.63) is 29.3 Å². The Morgan fingerprint density at radius 1 is 1.08 bits per heavy atom. The number of fused-ring (bicyclic) bond motifs is 1. The third-order valence-corrected chi connectivity index (χ3v) is 4.68. The summed E-state index contributed by atoms with van der Waals surface area (Å²) in [6.45, 7) is 4.82. The summed E-state index contributed by atoms with van der Waals surface area (Å²) in [6.07, 6.45) is 3.44. The first-order valence-electron chi connectivity index (χ1n) is 8.72. The van der Waals surface area contributed by atoms with Crippen LogP contribution in [0.25, 0.3) is 0 Å². The van der Waals surface area contributed by atoms with Crippen LogP contribution < -0.4 is 10.1 Å². The van der Waals surface area contributed by atoms with Gasteiger partial charge in [0, 0.05) is 32.7 Å². The lowest BCUT2D eigenvalue weighted by molar-refractivity contribution is -0.134. The molecule has 0 spiro atoms. The van der Waals surface area contributed by atoms with Crippen LogP contribution in [0.15, 0.2) is 18.2 Å². The van der Waals surface area contributed by atoms with Crippen molar-refractivity contribution in [2.45, 2.75) is 26.2 Å². The summed E-state index contributed by atoms with van der Waals surface area (Å²) in [7, 11) is 0. The molecule has 1 aromatic rings. The molecule has 1 heterocycles. The second-order valence-electron chi connectivity index (χ2n) is 6.28. The summed E-state index contributed by atoms with van der Waals surface area (Å²) >= 11 is 0. The predicted molar refractivity (Wildman–Crippen MR) is 91.2 cm³/mol. The first-order chi connectivity index (χ1) is 11.7. The topological polar surface area (TPSA) is 61.9 Å². The number of urea groups is 1. The van der Waals surface area contributed by atoms with Crippen LogP contribution in [0, 0.1) is 0 Å². The quantitative estimate of drug-likeness (QED) is 0.908. The molecular formula is C18H25N3O3. The zero-order chi connectivity index (χ0) is 16.9. The van der Waals surface area contributed by atoms with Crippen LogP contribution >= 0.6 is 0 Å². The van der Waals surface area contributed by atoms with E-state index >= 15 is 0 Å². The van der Waals surface area contributed by atoms with Crippen molar-refractivity contribution in [2.24, 2.45) is 0 Å². The summed E-state index contributed by atoms with van der Waals surface area (Å²) in [5.74, 6) is 0.746. The first kappa shape index (κ1) is 16.6. The monoisotopic (exact) mass is 331 g/mol. The van der Waals surface area contributed by atoms with Crippen LogP contribution in [0.4, 0.5) is 4.79 Å². The average Bonchev–Trinajstić information content (AvgIpc) is 3.07. The molecule has 1 fully saturated rings. The number of hydrogen-bond donors (Lipinski definition) is 1. The number of aryl methyl sites for hydroxylation is 2. The molecule has 0 saturated carbocycles. The zero-order valence-electron chi connectivity index (χ0n) is 14.2. The van der Waals surface area contributed by atoms with Crippen LogP contribution in [-0.4, -0.2) is 61.1 Å². The van der Waals surface area contributed by atoms with Crippen LogP contribution in [0.1, 0.15) is 24.5 Å². The maximum absolute atomic E-state index is 12.3. The second kappa shape index (κ2) is 7.55. The molecule has 3 amide bonds. The van der Waals surface area contributed by atoms with E-state index in [4.69, 9.17) is 4.74 Å². The normalized spacial score (nSPS) is 16.7. The Morgan fingerprint density at radius 3 is 2.54 bits per heavy atom. The van der Waals surface area contributed by atoms with Crippen molar-refractivity contribution in [3.8, 4) is 5.75 Å². The lowest BCUT2D eigenvalue weighted by Gasteiger charge is -2.34. The molecule has 1 aliphatic carbocycles. The number of amides is 3. The number of nitrogens with one attached hydrogen (secondary N) is 1. The molecule has 0 atom stereocenters. The maximum Gasteiger partial charge on any atom is 0.317 e. The van der Waals surface area contributed by atoms with Gasteiger partial charge in [-0.05, 0) is 49.4 Å². The standard InChI is InChI=1S/C18H25N3O3/c1-2-19-18(23)21-10-8-20(9-11-21)17(22)13-24-16-7-6-14-4-3-5-15(14)12-16/h6-7,12H,2-5,8-11,13H2,1H3,(H,19,23). The van der Waals surface area contributed by atoms with Gasteiger partial charge in [-0.1, -0.05) is 6.07 Å². The predicted octanol–water partition coefficient (Wildman–Crippen LogP) is 1.43. The number of carbonyl (C=O) groups is 2. The van der Waals surface area contributed by atoms with Gasteiger partial charge in [-0.15, -0.1) is 0 Å². The molecule has 6 heteroatoms. The minimum Gasteiger partial charge on any atom is -0.484 e. The number of hydrogen-bond acceptors (Lipinski definition) is 3. The van der Waals surface area contributed by atoms with Gasteiger partial charge in [0.15, 0.2) is 6.61 Å². The minimum atomic E-state index is -0.0565. The number of carbonyl (C=O) groups excluding carboxylic acids is 2. The smallest absolute Gasteiger partial charge is 0.317 e. The molecule has 130 valence electrons. The van der Waals surface area contributed by atoms with Gasteiger partial charge in [-0.2, -0.15) is 0 Å². The van der Waals surface area contributed by atoms with Crippen molar-refractivity contribution in [3.63, 3.8) is 0 Å². The van der Waals surface area contributed by atoms with Gasteiger partial charge < -0.3 is 19.9 Å². The van der Waals surface area contributed by atoms with Crippen molar-refractivity contribution < 1.29 is 14.3 Å². The van der Waals surface area contributed by atoms with E-state index < -0.39 is 0 Å².